The number of nitrogens with zero attached hydrogens (tertiary/aromatic N) is 2. The van der Waals surface area contributed by atoms with Gasteiger partial charge in [-0.1, -0.05) is 78.9 Å². The van der Waals surface area contributed by atoms with Crippen LogP contribution in [0.4, 0.5) is 5.69 Å². The maximum absolute atomic E-state index is 13.1. The number of carbonyl (C=O) groups is 4. The highest BCUT2D eigenvalue weighted by Gasteiger charge is 2.34. The monoisotopic (exact) mass is 563 g/mol. The molecule has 42 heavy (non-hydrogen) atoms. The summed E-state index contributed by atoms with van der Waals surface area (Å²) in [5.74, 6) is -0.115. The van der Waals surface area contributed by atoms with Gasteiger partial charge in [0, 0.05) is 32.1 Å². The fraction of sp³-hybridized carbons (Fsp3) is 0.314. The molecular weight excluding hydrogens is 526 g/mol. The van der Waals surface area contributed by atoms with E-state index in [0.717, 1.165) is 41.5 Å². The van der Waals surface area contributed by atoms with Crippen molar-refractivity contribution in [3.05, 3.63) is 101 Å². The molecule has 2 heterocycles. The summed E-state index contributed by atoms with van der Waals surface area (Å²) in [6.45, 7) is 2.77. The first-order valence-electron chi connectivity index (χ1n) is 14.7. The van der Waals surface area contributed by atoms with Crippen molar-refractivity contribution in [3.8, 4) is 0 Å². The molecule has 3 aromatic carbocycles. The number of anilines is 1. The third-order valence-corrected chi connectivity index (χ3v) is 8.11. The molecule has 2 fully saturated rings. The Bertz CT molecular complexity index is 1450. The van der Waals surface area contributed by atoms with Crippen LogP contribution in [0, 0.1) is 0 Å². The fourth-order valence-corrected chi connectivity index (χ4v) is 5.85. The first-order chi connectivity index (χ1) is 20.4. The Morgan fingerprint density at radius 3 is 1.93 bits per heavy atom. The van der Waals surface area contributed by atoms with Crippen LogP contribution in [0.5, 0.6) is 0 Å². The maximum atomic E-state index is 13.1. The SMILES string of the molecule is CC(=O)N1CCC[C@H]1C(=O)Nc1ccc(/C=C/c2ccc(CC(=O)[C@@H]3CCCN3C(=O)Cc3ccccc3)cc2)cc1. The lowest BCUT2D eigenvalue weighted by Crippen LogP contribution is -2.42. The third-order valence-electron chi connectivity index (χ3n) is 8.11. The van der Waals surface area contributed by atoms with Gasteiger partial charge in [0.15, 0.2) is 5.78 Å². The number of Topliss-reactive ketones (excluding diaryl/α,β-unsaturated/α-hetero) is 1. The van der Waals surface area contributed by atoms with Gasteiger partial charge in [-0.25, -0.2) is 0 Å². The van der Waals surface area contributed by atoms with Crippen molar-refractivity contribution < 1.29 is 19.2 Å². The predicted molar refractivity (Wildman–Crippen MR) is 164 cm³/mol. The molecule has 0 aromatic heterocycles. The molecule has 5 rings (SSSR count). The van der Waals surface area contributed by atoms with E-state index in [-0.39, 0.29) is 29.5 Å². The highest BCUT2D eigenvalue weighted by atomic mass is 16.2. The molecule has 0 radical (unpaired) electrons. The molecule has 0 spiro atoms. The minimum atomic E-state index is -0.403. The summed E-state index contributed by atoms with van der Waals surface area (Å²) in [7, 11) is 0. The lowest BCUT2D eigenvalue weighted by Gasteiger charge is -2.24. The Hall–Kier alpha value is -4.52. The lowest BCUT2D eigenvalue weighted by atomic mass is 10.0. The van der Waals surface area contributed by atoms with Crippen molar-refractivity contribution in [2.45, 2.75) is 57.5 Å². The van der Waals surface area contributed by atoms with Crippen molar-refractivity contribution in [1.29, 1.82) is 0 Å². The zero-order chi connectivity index (χ0) is 29.5. The summed E-state index contributed by atoms with van der Waals surface area (Å²) in [5, 5.41) is 2.93. The number of hydrogen-bond acceptors (Lipinski definition) is 4. The molecular formula is C35H37N3O4. The fourth-order valence-electron chi connectivity index (χ4n) is 5.85. The van der Waals surface area contributed by atoms with E-state index < -0.39 is 6.04 Å². The average molecular weight is 564 g/mol. The van der Waals surface area contributed by atoms with E-state index in [2.05, 4.69) is 5.32 Å². The zero-order valence-electron chi connectivity index (χ0n) is 24.0. The van der Waals surface area contributed by atoms with Gasteiger partial charge in [0.05, 0.1) is 12.5 Å². The second kappa shape index (κ2) is 13.4. The number of ketones is 1. The van der Waals surface area contributed by atoms with Crippen molar-refractivity contribution in [2.75, 3.05) is 18.4 Å². The molecule has 3 aromatic rings. The van der Waals surface area contributed by atoms with Crippen LogP contribution in [-0.4, -0.2) is 58.5 Å². The van der Waals surface area contributed by atoms with Gasteiger partial charge in [-0.2, -0.15) is 0 Å². The summed E-state index contributed by atoms with van der Waals surface area (Å²) >= 11 is 0. The van der Waals surface area contributed by atoms with Crippen LogP contribution in [0.2, 0.25) is 0 Å². The third kappa shape index (κ3) is 7.21. The number of benzene rings is 3. The van der Waals surface area contributed by atoms with E-state index in [0.29, 0.717) is 38.0 Å². The van der Waals surface area contributed by atoms with Crippen molar-refractivity contribution in [1.82, 2.24) is 9.80 Å². The summed E-state index contributed by atoms with van der Waals surface area (Å²) in [4.78, 5) is 53.9. The van der Waals surface area contributed by atoms with Crippen molar-refractivity contribution in [2.24, 2.45) is 0 Å². The van der Waals surface area contributed by atoms with Gasteiger partial charge in [0.1, 0.15) is 6.04 Å². The van der Waals surface area contributed by atoms with E-state index in [1.165, 1.54) is 6.92 Å². The van der Waals surface area contributed by atoms with Crippen molar-refractivity contribution in [3.63, 3.8) is 0 Å². The highest BCUT2D eigenvalue weighted by Crippen LogP contribution is 2.22. The van der Waals surface area contributed by atoms with Gasteiger partial charge in [0.25, 0.3) is 0 Å². The Labute approximate surface area is 247 Å². The Balaban J connectivity index is 1.12. The summed E-state index contributed by atoms with van der Waals surface area (Å²) in [6, 6.07) is 24.4. The first-order valence-corrected chi connectivity index (χ1v) is 14.7. The number of rotatable bonds is 9. The quantitative estimate of drug-likeness (QED) is 0.365. The first kappa shape index (κ1) is 29.0. The summed E-state index contributed by atoms with van der Waals surface area (Å²) in [6.07, 6.45) is 7.73. The van der Waals surface area contributed by atoms with Crippen molar-refractivity contribution >= 4 is 41.3 Å². The van der Waals surface area contributed by atoms with Crippen LogP contribution in [0.1, 0.15) is 54.9 Å². The molecule has 0 bridgehead atoms. The minimum Gasteiger partial charge on any atom is -0.332 e. The molecule has 3 amide bonds. The second-order valence-electron chi connectivity index (χ2n) is 11.1. The van der Waals surface area contributed by atoms with Crippen LogP contribution in [0.3, 0.4) is 0 Å². The molecule has 0 saturated carbocycles. The lowest BCUT2D eigenvalue weighted by molar-refractivity contribution is -0.136. The largest absolute Gasteiger partial charge is 0.332 e. The molecule has 2 aliphatic heterocycles. The van der Waals surface area contributed by atoms with Crippen LogP contribution >= 0.6 is 0 Å². The van der Waals surface area contributed by atoms with Crippen LogP contribution in [0.15, 0.2) is 78.9 Å². The average Bonchev–Trinajstić information content (AvgIpc) is 3.69. The minimum absolute atomic E-state index is 0.0152. The van der Waals surface area contributed by atoms with Crippen LogP contribution in [0.25, 0.3) is 12.2 Å². The predicted octanol–water partition coefficient (Wildman–Crippen LogP) is 5.15. The zero-order valence-corrected chi connectivity index (χ0v) is 24.0. The van der Waals surface area contributed by atoms with Gasteiger partial charge in [-0.15, -0.1) is 0 Å². The molecule has 216 valence electrons. The van der Waals surface area contributed by atoms with Gasteiger partial charge >= 0.3 is 0 Å². The Morgan fingerprint density at radius 2 is 1.29 bits per heavy atom. The summed E-state index contributed by atoms with van der Waals surface area (Å²) < 4.78 is 0. The van der Waals surface area contributed by atoms with Gasteiger partial charge in [0.2, 0.25) is 17.7 Å². The number of carbonyl (C=O) groups excluding carboxylic acids is 4. The van der Waals surface area contributed by atoms with E-state index in [1.807, 2.05) is 91.0 Å². The second-order valence-corrected chi connectivity index (χ2v) is 11.1. The molecule has 2 atom stereocenters. The molecule has 2 aliphatic rings. The number of nitrogens with one attached hydrogen (secondary N) is 1. The van der Waals surface area contributed by atoms with Gasteiger partial charge in [-0.05, 0) is 60.1 Å². The Morgan fingerprint density at radius 1 is 0.714 bits per heavy atom. The van der Waals surface area contributed by atoms with E-state index in [9.17, 15) is 19.2 Å². The molecule has 1 N–H and O–H groups in total. The molecule has 7 nitrogen and oxygen atoms in total. The van der Waals surface area contributed by atoms with E-state index >= 15 is 0 Å². The molecule has 7 heteroatoms. The highest BCUT2D eigenvalue weighted by molar-refractivity contribution is 5.97. The topological polar surface area (TPSA) is 86.8 Å². The summed E-state index contributed by atoms with van der Waals surface area (Å²) in [5.41, 5.74) is 4.59. The maximum Gasteiger partial charge on any atom is 0.247 e. The molecule has 2 saturated heterocycles. The van der Waals surface area contributed by atoms with E-state index in [1.54, 1.807) is 9.80 Å². The normalized spacial score (nSPS) is 18.4. The number of likely N-dealkylation sites (tertiary alicyclic amines) is 2. The van der Waals surface area contributed by atoms with Gasteiger partial charge in [-0.3, -0.25) is 19.2 Å². The van der Waals surface area contributed by atoms with Crippen LogP contribution < -0.4 is 5.32 Å². The molecule has 0 unspecified atom stereocenters. The Kier molecular flexibility index (Phi) is 9.27. The standard InChI is InChI=1S/C35H37N3O4/c1-25(39)37-21-6-10-32(37)35(42)36-30-19-17-27(18-20-30)12-11-26-13-15-29(16-14-26)23-33(40)31-9-5-22-38(31)34(41)24-28-7-3-2-4-8-28/h2-4,7-8,11-20,31-32H,5-6,9-10,21-24H2,1H3,(H,36,42)/b12-11+/t31-,32-/m0/s1. The van der Waals surface area contributed by atoms with Crippen LogP contribution in [-0.2, 0) is 32.0 Å². The smallest absolute Gasteiger partial charge is 0.247 e. The number of amides is 3. The van der Waals surface area contributed by atoms with E-state index in [4.69, 9.17) is 0 Å². The molecule has 0 aliphatic carbocycles. The number of hydrogen-bond donors (Lipinski definition) is 1. The van der Waals surface area contributed by atoms with Gasteiger partial charge < -0.3 is 15.1 Å².